The molecule has 1 fully saturated rings. The van der Waals surface area contributed by atoms with Crippen LogP contribution in [0.2, 0.25) is 0 Å². The first-order valence-corrected chi connectivity index (χ1v) is 6.18. The molecule has 0 bridgehead atoms. The lowest BCUT2D eigenvalue weighted by molar-refractivity contribution is 0.443. The number of hydrogen-bond donors (Lipinski definition) is 1. The van der Waals surface area contributed by atoms with E-state index in [1.54, 1.807) is 6.07 Å². The predicted octanol–water partition coefficient (Wildman–Crippen LogP) is 3.78. The van der Waals surface area contributed by atoms with Crippen LogP contribution in [0.15, 0.2) is 22.7 Å². The second-order valence-electron chi connectivity index (χ2n) is 4.24. The Kier molecular flexibility index (Phi) is 3.42. The minimum absolute atomic E-state index is 0.0440. The number of rotatable bonds is 2. The molecule has 0 radical (unpaired) electrons. The topological polar surface area (TPSA) is 26.0 Å². The van der Waals surface area contributed by atoms with E-state index in [1.807, 2.05) is 0 Å². The van der Waals surface area contributed by atoms with E-state index in [4.69, 9.17) is 5.73 Å². The second-order valence-corrected chi connectivity index (χ2v) is 5.09. The fraction of sp³-hybridized carbons (Fsp3) is 0.500. The van der Waals surface area contributed by atoms with Gasteiger partial charge in [-0.05, 0) is 36.5 Å². The highest BCUT2D eigenvalue weighted by Crippen LogP contribution is 2.36. The van der Waals surface area contributed by atoms with E-state index in [0.29, 0.717) is 5.92 Å². The number of nitrogens with two attached hydrogens (primary N) is 1. The van der Waals surface area contributed by atoms with Gasteiger partial charge in [-0.2, -0.15) is 0 Å². The molecule has 0 saturated heterocycles. The van der Waals surface area contributed by atoms with E-state index < -0.39 is 0 Å². The Labute approximate surface area is 98.0 Å². The molecule has 0 aromatic heterocycles. The standard InChI is InChI=1S/C12H15BrFN/c13-11-7-9(14)5-6-10(11)12(15)8-3-1-2-4-8/h5-8,12H,1-4,15H2. The van der Waals surface area contributed by atoms with Crippen molar-refractivity contribution in [2.45, 2.75) is 31.7 Å². The summed E-state index contributed by atoms with van der Waals surface area (Å²) in [5, 5.41) is 0. The Morgan fingerprint density at radius 3 is 2.60 bits per heavy atom. The molecule has 0 amide bonds. The van der Waals surface area contributed by atoms with E-state index >= 15 is 0 Å². The van der Waals surface area contributed by atoms with E-state index in [9.17, 15) is 4.39 Å². The molecule has 1 aliphatic carbocycles. The first-order valence-electron chi connectivity index (χ1n) is 5.39. The van der Waals surface area contributed by atoms with E-state index in [0.717, 1.165) is 10.0 Å². The fourth-order valence-corrected chi connectivity index (χ4v) is 2.96. The van der Waals surface area contributed by atoms with Gasteiger partial charge in [-0.25, -0.2) is 4.39 Å². The Morgan fingerprint density at radius 1 is 1.33 bits per heavy atom. The van der Waals surface area contributed by atoms with Crippen LogP contribution in [-0.4, -0.2) is 0 Å². The lowest BCUT2D eigenvalue weighted by atomic mass is 9.92. The van der Waals surface area contributed by atoms with Crippen molar-refractivity contribution in [3.8, 4) is 0 Å². The molecule has 1 aromatic carbocycles. The van der Waals surface area contributed by atoms with Gasteiger partial charge >= 0.3 is 0 Å². The largest absolute Gasteiger partial charge is 0.324 e. The van der Waals surface area contributed by atoms with Gasteiger partial charge < -0.3 is 5.73 Å². The fourth-order valence-electron chi connectivity index (χ4n) is 2.34. The zero-order valence-electron chi connectivity index (χ0n) is 8.55. The molecule has 1 nitrogen and oxygen atoms in total. The third-order valence-corrected chi connectivity index (χ3v) is 3.92. The molecular weight excluding hydrogens is 257 g/mol. The number of hydrogen-bond acceptors (Lipinski definition) is 1. The van der Waals surface area contributed by atoms with Gasteiger partial charge in [-0.1, -0.05) is 34.8 Å². The van der Waals surface area contributed by atoms with Crippen molar-refractivity contribution in [1.82, 2.24) is 0 Å². The summed E-state index contributed by atoms with van der Waals surface area (Å²) in [6.45, 7) is 0. The maximum Gasteiger partial charge on any atom is 0.124 e. The lowest BCUT2D eigenvalue weighted by Crippen LogP contribution is -2.19. The lowest BCUT2D eigenvalue weighted by Gasteiger charge is -2.20. The monoisotopic (exact) mass is 271 g/mol. The van der Waals surface area contributed by atoms with Crippen molar-refractivity contribution in [2.75, 3.05) is 0 Å². The van der Waals surface area contributed by atoms with E-state index in [-0.39, 0.29) is 11.9 Å². The van der Waals surface area contributed by atoms with Crippen molar-refractivity contribution in [1.29, 1.82) is 0 Å². The van der Waals surface area contributed by atoms with Crippen LogP contribution >= 0.6 is 15.9 Å². The van der Waals surface area contributed by atoms with Gasteiger partial charge in [-0.15, -0.1) is 0 Å². The molecule has 3 heteroatoms. The van der Waals surface area contributed by atoms with Crippen LogP contribution < -0.4 is 5.73 Å². The molecule has 1 unspecified atom stereocenters. The SMILES string of the molecule is NC(c1ccc(F)cc1Br)C1CCCC1. The van der Waals surface area contributed by atoms with Crippen LogP contribution in [-0.2, 0) is 0 Å². The first kappa shape index (κ1) is 11.1. The van der Waals surface area contributed by atoms with Crippen molar-refractivity contribution >= 4 is 15.9 Å². The number of benzene rings is 1. The minimum Gasteiger partial charge on any atom is -0.324 e. The van der Waals surface area contributed by atoms with Gasteiger partial charge in [0.05, 0.1) is 0 Å². The molecule has 0 heterocycles. The molecule has 82 valence electrons. The average Bonchev–Trinajstić information content (AvgIpc) is 2.69. The molecule has 1 aliphatic rings. The molecule has 15 heavy (non-hydrogen) atoms. The van der Waals surface area contributed by atoms with Crippen LogP contribution in [0.25, 0.3) is 0 Å². The Hall–Kier alpha value is -0.410. The van der Waals surface area contributed by atoms with Gasteiger partial charge in [0.1, 0.15) is 5.82 Å². The van der Waals surface area contributed by atoms with Gasteiger partial charge in [0.15, 0.2) is 0 Å². The third kappa shape index (κ3) is 2.40. The summed E-state index contributed by atoms with van der Waals surface area (Å²) in [6.07, 6.45) is 4.95. The summed E-state index contributed by atoms with van der Waals surface area (Å²) in [5.74, 6) is 0.344. The highest BCUT2D eigenvalue weighted by atomic mass is 79.9. The quantitative estimate of drug-likeness (QED) is 0.871. The Bertz CT molecular complexity index is 347. The van der Waals surface area contributed by atoms with Crippen molar-refractivity contribution < 1.29 is 4.39 Å². The highest BCUT2D eigenvalue weighted by molar-refractivity contribution is 9.10. The first-order chi connectivity index (χ1) is 7.18. The maximum atomic E-state index is 12.9. The molecule has 0 aliphatic heterocycles. The molecule has 0 spiro atoms. The molecule has 1 atom stereocenters. The summed E-state index contributed by atoms with van der Waals surface area (Å²) in [4.78, 5) is 0. The van der Waals surface area contributed by atoms with E-state index in [2.05, 4.69) is 15.9 Å². The minimum atomic E-state index is -0.218. The van der Waals surface area contributed by atoms with Crippen LogP contribution in [0.1, 0.15) is 37.3 Å². The van der Waals surface area contributed by atoms with Gasteiger partial charge in [0, 0.05) is 10.5 Å². The highest BCUT2D eigenvalue weighted by Gasteiger charge is 2.24. The van der Waals surface area contributed by atoms with Crippen LogP contribution in [0.3, 0.4) is 0 Å². The van der Waals surface area contributed by atoms with Crippen molar-refractivity contribution in [2.24, 2.45) is 11.7 Å². The Balaban J connectivity index is 2.20. The second kappa shape index (κ2) is 4.62. The molecule has 2 N–H and O–H groups in total. The molecule has 1 saturated carbocycles. The zero-order chi connectivity index (χ0) is 10.8. The van der Waals surface area contributed by atoms with E-state index in [1.165, 1.54) is 37.8 Å². The molecular formula is C12H15BrFN. The summed E-state index contributed by atoms with van der Waals surface area (Å²) in [5.41, 5.74) is 7.23. The number of halogens is 2. The van der Waals surface area contributed by atoms with Crippen LogP contribution in [0.4, 0.5) is 4.39 Å². The summed E-state index contributed by atoms with van der Waals surface area (Å²) < 4.78 is 13.7. The normalized spacial score (nSPS) is 19.4. The average molecular weight is 272 g/mol. The van der Waals surface area contributed by atoms with Gasteiger partial charge in [0.2, 0.25) is 0 Å². The van der Waals surface area contributed by atoms with Crippen LogP contribution in [0.5, 0.6) is 0 Å². The maximum absolute atomic E-state index is 12.9. The van der Waals surface area contributed by atoms with Crippen molar-refractivity contribution in [3.63, 3.8) is 0 Å². The zero-order valence-corrected chi connectivity index (χ0v) is 10.1. The van der Waals surface area contributed by atoms with Crippen LogP contribution in [0, 0.1) is 11.7 Å². The Morgan fingerprint density at radius 2 is 2.00 bits per heavy atom. The summed E-state index contributed by atoms with van der Waals surface area (Å²) in [7, 11) is 0. The predicted molar refractivity (Wildman–Crippen MR) is 63.0 cm³/mol. The third-order valence-electron chi connectivity index (χ3n) is 3.23. The van der Waals surface area contributed by atoms with Gasteiger partial charge in [-0.3, -0.25) is 0 Å². The summed E-state index contributed by atoms with van der Waals surface area (Å²) in [6, 6.07) is 4.81. The van der Waals surface area contributed by atoms with Crippen molar-refractivity contribution in [3.05, 3.63) is 34.1 Å². The molecule has 2 rings (SSSR count). The summed E-state index contributed by atoms with van der Waals surface area (Å²) >= 11 is 3.37. The van der Waals surface area contributed by atoms with Gasteiger partial charge in [0.25, 0.3) is 0 Å². The molecule has 1 aromatic rings. The smallest absolute Gasteiger partial charge is 0.124 e.